The summed E-state index contributed by atoms with van der Waals surface area (Å²) in [5, 5.41) is 6.02. The fourth-order valence-corrected chi connectivity index (χ4v) is 2.05. The molecule has 1 aliphatic heterocycles. The molecule has 0 bridgehead atoms. The number of fused-ring (bicyclic) bond motifs is 1. The zero-order valence-corrected chi connectivity index (χ0v) is 10.4. The highest BCUT2D eigenvalue weighted by Crippen LogP contribution is 2.11. The van der Waals surface area contributed by atoms with Crippen LogP contribution in [-0.2, 0) is 13.0 Å². The molecule has 3 rings (SSSR count). The number of para-hydroxylation sites is 1. The Kier molecular flexibility index (Phi) is 3.20. The number of carbonyl (C=O) groups is 1. The average Bonchev–Trinajstić information content (AvgIpc) is 2.48. The first-order valence-corrected chi connectivity index (χ1v) is 6.25. The number of nitrogens with one attached hydrogen (secondary N) is 2. The summed E-state index contributed by atoms with van der Waals surface area (Å²) in [5.41, 5.74) is 2.78. The van der Waals surface area contributed by atoms with Gasteiger partial charge in [-0.1, -0.05) is 18.2 Å². The molecule has 2 aromatic rings. The number of hydrogen-bond acceptors (Lipinski definition) is 4. The van der Waals surface area contributed by atoms with Crippen molar-refractivity contribution in [3.8, 4) is 0 Å². The monoisotopic (exact) mass is 254 g/mol. The summed E-state index contributed by atoms with van der Waals surface area (Å²) in [6, 6.07) is 9.30. The molecule has 19 heavy (non-hydrogen) atoms. The predicted molar refractivity (Wildman–Crippen MR) is 71.8 cm³/mol. The van der Waals surface area contributed by atoms with Gasteiger partial charge in [0.15, 0.2) is 0 Å². The molecule has 1 aromatic carbocycles. The number of anilines is 1. The van der Waals surface area contributed by atoms with Crippen LogP contribution in [0.25, 0.3) is 0 Å². The summed E-state index contributed by atoms with van der Waals surface area (Å²) < 4.78 is 0. The predicted octanol–water partition coefficient (Wildman–Crippen LogP) is 1.37. The van der Waals surface area contributed by atoms with Crippen molar-refractivity contribution in [2.24, 2.45) is 0 Å². The minimum Gasteiger partial charge on any atom is -0.319 e. The molecule has 0 saturated carbocycles. The van der Waals surface area contributed by atoms with Crippen molar-refractivity contribution in [1.82, 2.24) is 15.3 Å². The Balaban J connectivity index is 1.80. The lowest BCUT2D eigenvalue weighted by atomic mass is 10.1. The van der Waals surface area contributed by atoms with E-state index >= 15 is 0 Å². The summed E-state index contributed by atoms with van der Waals surface area (Å²) in [6.45, 7) is 1.63. The van der Waals surface area contributed by atoms with E-state index in [0.29, 0.717) is 6.54 Å². The van der Waals surface area contributed by atoms with Gasteiger partial charge in [-0.2, -0.15) is 0 Å². The molecular weight excluding hydrogens is 240 g/mol. The Bertz CT molecular complexity index is 598. The van der Waals surface area contributed by atoms with E-state index in [4.69, 9.17) is 0 Å². The molecule has 5 nitrogen and oxygen atoms in total. The third kappa shape index (κ3) is 2.61. The molecule has 0 fully saturated rings. The SMILES string of the molecule is O=C(Nc1ccccc1)c1ncc2c(n1)CNCC2. The van der Waals surface area contributed by atoms with Gasteiger partial charge in [0.25, 0.3) is 5.91 Å². The quantitative estimate of drug-likeness (QED) is 0.849. The molecule has 0 atom stereocenters. The number of aromatic nitrogens is 2. The molecule has 2 N–H and O–H groups in total. The number of amides is 1. The van der Waals surface area contributed by atoms with Gasteiger partial charge < -0.3 is 10.6 Å². The molecule has 5 heteroatoms. The van der Waals surface area contributed by atoms with Crippen LogP contribution in [0, 0.1) is 0 Å². The Morgan fingerprint density at radius 1 is 1.26 bits per heavy atom. The minimum absolute atomic E-state index is 0.214. The highest BCUT2D eigenvalue weighted by molar-refractivity contribution is 6.01. The third-order valence-corrected chi connectivity index (χ3v) is 3.05. The fourth-order valence-electron chi connectivity index (χ4n) is 2.05. The maximum Gasteiger partial charge on any atom is 0.293 e. The van der Waals surface area contributed by atoms with Crippen LogP contribution in [0.2, 0.25) is 0 Å². The van der Waals surface area contributed by atoms with Crippen LogP contribution in [0.5, 0.6) is 0 Å². The minimum atomic E-state index is -0.278. The molecule has 1 aromatic heterocycles. The molecule has 0 saturated heterocycles. The van der Waals surface area contributed by atoms with Crippen LogP contribution in [0.4, 0.5) is 5.69 Å². The molecule has 0 aliphatic carbocycles. The van der Waals surface area contributed by atoms with Crippen LogP contribution in [0.3, 0.4) is 0 Å². The van der Waals surface area contributed by atoms with E-state index in [-0.39, 0.29) is 11.7 Å². The lowest BCUT2D eigenvalue weighted by Gasteiger charge is -2.15. The van der Waals surface area contributed by atoms with E-state index in [9.17, 15) is 4.79 Å². The fraction of sp³-hybridized carbons (Fsp3) is 0.214. The first-order chi connectivity index (χ1) is 9.33. The van der Waals surface area contributed by atoms with E-state index in [0.717, 1.165) is 29.9 Å². The van der Waals surface area contributed by atoms with Crippen molar-refractivity contribution in [2.75, 3.05) is 11.9 Å². The van der Waals surface area contributed by atoms with Gasteiger partial charge in [-0.15, -0.1) is 0 Å². The molecule has 0 spiro atoms. The lowest BCUT2D eigenvalue weighted by molar-refractivity contribution is 0.101. The maximum atomic E-state index is 12.0. The molecule has 96 valence electrons. The topological polar surface area (TPSA) is 66.9 Å². The number of carbonyl (C=O) groups excluding carboxylic acids is 1. The van der Waals surface area contributed by atoms with E-state index in [1.54, 1.807) is 6.20 Å². The molecule has 1 amide bonds. The van der Waals surface area contributed by atoms with E-state index in [1.807, 2.05) is 30.3 Å². The summed E-state index contributed by atoms with van der Waals surface area (Å²) in [4.78, 5) is 20.5. The van der Waals surface area contributed by atoms with Crippen LogP contribution in [0.15, 0.2) is 36.5 Å². The van der Waals surface area contributed by atoms with Gasteiger partial charge in [-0.05, 0) is 30.7 Å². The second kappa shape index (κ2) is 5.16. The summed E-state index contributed by atoms with van der Waals surface area (Å²) in [5.74, 6) is -0.0640. The molecular formula is C14H14N4O. The van der Waals surface area contributed by atoms with Crippen molar-refractivity contribution < 1.29 is 4.79 Å². The highest BCUT2D eigenvalue weighted by atomic mass is 16.2. The second-order valence-corrected chi connectivity index (χ2v) is 4.41. The second-order valence-electron chi connectivity index (χ2n) is 4.41. The van der Waals surface area contributed by atoms with Gasteiger partial charge in [0.05, 0.1) is 5.69 Å². The average molecular weight is 254 g/mol. The molecule has 0 radical (unpaired) electrons. The Morgan fingerprint density at radius 2 is 2.11 bits per heavy atom. The van der Waals surface area contributed by atoms with Crippen molar-refractivity contribution in [3.63, 3.8) is 0 Å². The van der Waals surface area contributed by atoms with Gasteiger partial charge in [-0.3, -0.25) is 4.79 Å². The number of nitrogens with zero attached hydrogens (tertiary/aromatic N) is 2. The summed E-state index contributed by atoms with van der Waals surface area (Å²) in [6.07, 6.45) is 2.67. The van der Waals surface area contributed by atoms with Crippen LogP contribution in [-0.4, -0.2) is 22.4 Å². The molecule has 2 heterocycles. The zero-order valence-electron chi connectivity index (χ0n) is 10.4. The van der Waals surface area contributed by atoms with E-state index in [1.165, 1.54) is 0 Å². The lowest BCUT2D eigenvalue weighted by Crippen LogP contribution is -2.27. The van der Waals surface area contributed by atoms with Crippen LogP contribution in [0.1, 0.15) is 21.9 Å². The molecule has 1 aliphatic rings. The largest absolute Gasteiger partial charge is 0.319 e. The van der Waals surface area contributed by atoms with Gasteiger partial charge in [0, 0.05) is 18.4 Å². The van der Waals surface area contributed by atoms with Crippen molar-refractivity contribution in [3.05, 3.63) is 53.6 Å². The third-order valence-electron chi connectivity index (χ3n) is 3.05. The van der Waals surface area contributed by atoms with Gasteiger partial charge >= 0.3 is 0 Å². The maximum absolute atomic E-state index is 12.0. The number of rotatable bonds is 2. The summed E-state index contributed by atoms with van der Waals surface area (Å²) >= 11 is 0. The standard InChI is InChI=1S/C14H14N4O/c19-14(17-11-4-2-1-3-5-11)13-16-8-10-6-7-15-9-12(10)18-13/h1-5,8,15H,6-7,9H2,(H,17,19). The normalized spacial score (nSPS) is 13.7. The van der Waals surface area contributed by atoms with Gasteiger partial charge in [0.2, 0.25) is 5.82 Å². The first-order valence-electron chi connectivity index (χ1n) is 6.25. The van der Waals surface area contributed by atoms with Gasteiger partial charge in [0.1, 0.15) is 0 Å². The van der Waals surface area contributed by atoms with E-state index < -0.39 is 0 Å². The van der Waals surface area contributed by atoms with Crippen molar-refractivity contribution in [1.29, 1.82) is 0 Å². The van der Waals surface area contributed by atoms with Crippen LogP contribution >= 0.6 is 0 Å². The highest BCUT2D eigenvalue weighted by Gasteiger charge is 2.15. The number of hydrogen-bond donors (Lipinski definition) is 2. The molecule has 0 unspecified atom stereocenters. The first kappa shape index (κ1) is 11.8. The van der Waals surface area contributed by atoms with Crippen molar-refractivity contribution in [2.45, 2.75) is 13.0 Å². The van der Waals surface area contributed by atoms with E-state index in [2.05, 4.69) is 20.6 Å². The smallest absolute Gasteiger partial charge is 0.293 e. The number of benzene rings is 1. The van der Waals surface area contributed by atoms with Crippen molar-refractivity contribution >= 4 is 11.6 Å². The Labute approximate surface area is 111 Å². The Hall–Kier alpha value is -2.27. The zero-order chi connectivity index (χ0) is 13.1. The Morgan fingerprint density at radius 3 is 2.95 bits per heavy atom. The summed E-state index contributed by atoms with van der Waals surface area (Å²) in [7, 11) is 0. The van der Waals surface area contributed by atoms with Gasteiger partial charge in [-0.25, -0.2) is 9.97 Å². The van der Waals surface area contributed by atoms with Crippen LogP contribution < -0.4 is 10.6 Å².